The fourth-order valence-electron chi connectivity index (χ4n) is 0.903. The lowest BCUT2D eigenvalue weighted by Crippen LogP contribution is -2.40. The van der Waals surface area contributed by atoms with Crippen LogP contribution in [-0.2, 0) is 14.4 Å². The largest absolute Gasteiger partial charge is 0.480 e. The zero-order valence-electron chi connectivity index (χ0n) is 8.16. The third kappa shape index (κ3) is 5.13. The van der Waals surface area contributed by atoms with Gasteiger partial charge >= 0.3 is 5.97 Å². The molecule has 80 valence electrons. The van der Waals surface area contributed by atoms with Gasteiger partial charge in [-0.3, -0.25) is 9.59 Å². The molecular formula is C8H14N2O4. The molecule has 0 aromatic rings. The van der Waals surface area contributed by atoms with Crippen LogP contribution in [0.15, 0.2) is 0 Å². The van der Waals surface area contributed by atoms with Gasteiger partial charge in [-0.1, -0.05) is 0 Å². The standard InChI is InChI=1S/C8H14N2O4/c1-5(11)10-6(8(13)14)3-4-7(12)9-2/h6H,3-4H2,1-2H3,(H,9,12)(H,10,11)(H,13,14)/t6-/m0/s1. The number of aliphatic carboxylic acids is 1. The summed E-state index contributed by atoms with van der Waals surface area (Å²) in [6.07, 6.45) is 0.169. The molecule has 0 aromatic carbocycles. The van der Waals surface area contributed by atoms with Gasteiger partial charge in [-0.25, -0.2) is 4.79 Å². The molecule has 0 aliphatic heterocycles. The zero-order valence-corrected chi connectivity index (χ0v) is 8.16. The van der Waals surface area contributed by atoms with Gasteiger partial charge in [0.15, 0.2) is 0 Å². The molecule has 1 atom stereocenters. The van der Waals surface area contributed by atoms with Gasteiger partial charge in [0.1, 0.15) is 6.04 Å². The summed E-state index contributed by atoms with van der Waals surface area (Å²) >= 11 is 0. The van der Waals surface area contributed by atoms with Crippen LogP contribution in [-0.4, -0.2) is 36.0 Å². The lowest BCUT2D eigenvalue weighted by atomic mass is 10.1. The van der Waals surface area contributed by atoms with E-state index in [1.54, 1.807) is 0 Å². The van der Waals surface area contributed by atoms with E-state index in [4.69, 9.17) is 5.11 Å². The van der Waals surface area contributed by atoms with Gasteiger partial charge in [0, 0.05) is 20.4 Å². The van der Waals surface area contributed by atoms with Crippen LogP contribution in [0.3, 0.4) is 0 Å². The maximum atomic E-state index is 10.8. The van der Waals surface area contributed by atoms with Crippen LogP contribution in [0.4, 0.5) is 0 Å². The Kier molecular flexibility index (Phi) is 5.28. The average Bonchev–Trinajstić information content (AvgIpc) is 2.10. The van der Waals surface area contributed by atoms with Crippen LogP contribution in [0.2, 0.25) is 0 Å². The third-order valence-corrected chi connectivity index (χ3v) is 1.61. The van der Waals surface area contributed by atoms with Gasteiger partial charge in [0.25, 0.3) is 0 Å². The number of amides is 2. The summed E-state index contributed by atoms with van der Waals surface area (Å²) in [5.41, 5.74) is 0. The molecule has 0 bridgehead atoms. The van der Waals surface area contributed by atoms with Crippen molar-refractivity contribution >= 4 is 17.8 Å². The highest BCUT2D eigenvalue weighted by molar-refractivity contribution is 5.83. The zero-order chi connectivity index (χ0) is 11.1. The Balaban J connectivity index is 4.04. The van der Waals surface area contributed by atoms with Crippen LogP contribution < -0.4 is 10.6 Å². The highest BCUT2D eigenvalue weighted by Crippen LogP contribution is 1.97. The lowest BCUT2D eigenvalue weighted by molar-refractivity contribution is -0.141. The van der Waals surface area contributed by atoms with Crippen molar-refractivity contribution in [2.45, 2.75) is 25.8 Å². The van der Waals surface area contributed by atoms with Crippen molar-refractivity contribution in [3.05, 3.63) is 0 Å². The molecule has 0 aromatic heterocycles. The number of carbonyl (C=O) groups is 3. The minimum absolute atomic E-state index is 0.0771. The lowest BCUT2D eigenvalue weighted by Gasteiger charge is -2.11. The fourth-order valence-corrected chi connectivity index (χ4v) is 0.903. The Morgan fingerprint density at radius 1 is 1.36 bits per heavy atom. The molecule has 6 nitrogen and oxygen atoms in total. The van der Waals surface area contributed by atoms with Crippen molar-refractivity contribution in [2.75, 3.05) is 7.05 Å². The topological polar surface area (TPSA) is 95.5 Å². The molecule has 2 amide bonds. The molecule has 6 heteroatoms. The van der Waals surface area contributed by atoms with Crippen molar-refractivity contribution in [3.8, 4) is 0 Å². The fraction of sp³-hybridized carbons (Fsp3) is 0.625. The number of carboxylic acid groups (broad SMARTS) is 1. The predicted octanol–water partition coefficient (Wildman–Crippen LogP) is -0.898. The minimum atomic E-state index is -1.14. The van der Waals surface area contributed by atoms with Gasteiger partial charge in [-0.2, -0.15) is 0 Å². The van der Waals surface area contributed by atoms with Gasteiger partial charge in [-0.05, 0) is 6.42 Å². The molecular weight excluding hydrogens is 188 g/mol. The SMILES string of the molecule is CNC(=O)CC[C@H](NC(C)=O)C(=O)O. The molecule has 0 aliphatic rings. The Bertz CT molecular complexity index is 239. The van der Waals surface area contributed by atoms with E-state index in [1.165, 1.54) is 14.0 Å². The third-order valence-electron chi connectivity index (χ3n) is 1.61. The Hall–Kier alpha value is -1.59. The van der Waals surface area contributed by atoms with E-state index < -0.39 is 17.9 Å². The van der Waals surface area contributed by atoms with Gasteiger partial charge in [-0.15, -0.1) is 0 Å². The molecule has 0 saturated heterocycles. The first kappa shape index (κ1) is 12.4. The minimum Gasteiger partial charge on any atom is -0.480 e. The van der Waals surface area contributed by atoms with Gasteiger partial charge < -0.3 is 15.7 Å². The summed E-state index contributed by atoms with van der Waals surface area (Å²) in [6, 6.07) is -0.996. The summed E-state index contributed by atoms with van der Waals surface area (Å²) < 4.78 is 0. The first-order valence-electron chi connectivity index (χ1n) is 4.18. The first-order chi connectivity index (χ1) is 6.47. The Morgan fingerprint density at radius 3 is 2.29 bits per heavy atom. The molecule has 14 heavy (non-hydrogen) atoms. The van der Waals surface area contributed by atoms with Gasteiger partial charge in [0.2, 0.25) is 11.8 Å². The van der Waals surface area contributed by atoms with E-state index in [0.29, 0.717) is 0 Å². The summed E-state index contributed by atoms with van der Waals surface area (Å²) in [6.45, 7) is 1.23. The number of nitrogens with one attached hydrogen (secondary N) is 2. The van der Waals surface area contributed by atoms with Gasteiger partial charge in [0.05, 0.1) is 0 Å². The monoisotopic (exact) mass is 202 g/mol. The van der Waals surface area contributed by atoms with E-state index in [2.05, 4.69) is 10.6 Å². The number of carbonyl (C=O) groups excluding carboxylic acids is 2. The number of rotatable bonds is 5. The summed E-state index contributed by atoms with van der Waals surface area (Å²) in [4.78, 5) is 32.0. The maximum absolute atomic E-state index is 10.8. The molecule has 0 saturated carbocycles. The highest BCUT2D eigenvalue weighted by atomic mass is 16.4. The molecule has 3 N–H and O–H groups in total. The smallest absolute Gasteiger partial charge is 0.326 e. The quantitative estimate of drug-likeness (QED) is 0.538. The van der Waals surface area contributed by atoms with E-state index in [-0.39, 0.29) is 18.7 Å². The summed E-state index contributed by atoms with van der Waals surface area (Å²) in [5, 5.41) is 13.3. The van der Waals surface area contributed by atoms with Crippen molar-refractivity contribution in [2.24, 2.45) is 0 Å². The van der Waals surface area contributed by atoms with Crippen molar-refractivity contribution in [3.63, 3.8) is 0 Å². The Labute approximate surface area is 81.7 Å². The predicted molar refractivity (Wildman–Crippen MR) is 48.5 cm³/mol. The average molecular weight is 202 g/mol. The van der Waals surface area contributed by atoms with E-state index in [1.807, 2.05) is 0 Å². The second kappa shape index (κ2) is 5.95. The second-order valence-electron chi connectivity index (χ2n) is 2.80. The van der Waals surface area contributed by atoms with Crippen LogP contribution in [0.25, 0.3) is 0 Å². The second-order valence-corrected chi connectivity index (χ2v) is 2.80. The normalized spacial score (nSPS) is 11.6. The maximum Gasteiger partial charge on any atom is 0.326 e. The number of hydrogen-bond donors (Lipinski definition) is 3. The van der Waals surface area contributed by atoms with Crippen molar-refractivity contribution in [1.82, 2.24) is 10.6 Å². The summed E-state index contributed by atoms with van der Waals surface area (Å²) in [5.74, 6) is -1.81. The van der Waals surface area contributed by atoms with Crippen LogP contribution in [0.1, 0.15) is 19.8 Å². The van der Waals surface area contributed by atoms with Crippen molar-refractivity contribution < 1.29 is 19.5 Å². The van der Waals surface area contributed by atoms with Crippen LogP contribution in [0.5, 0.6) is 0 Å². The van der Waals surface area contributed by atoms with E-state index in [9.17, 15) is 14.4 Å². The summed E-state index contributed by atoms with van der Waals surface area (Å²) in [7, 11) is 1.47. The van der Waals surface area contributed by atoms with Crippen molar-refractivity contribution in [1.29, 1.82) is 0 Å². The molecule has 0 heterocycles. The first-order valence-corrected chi connectivity index (χ1v) is 4.18. The molecule has 0 radical (unpaired) electrons. The molecule has 0 rings (SSSR count). The number of hydrogen-bond acceptors (Lipinski definition) is 3. The molecule has 0 aliphatic carbocycles. The van der Waals surface area contributed by atoms with E-state index in [0.717, 1.165) is 0 Å². The Morgan fingerprint density at radius 2 is 1.93 bits per heavy atom. The molecule has 0 fully saturated rings. The number of carboxylic acids is 1. The van der Waals surface area contributed by atoms with Crippen LogP contribution >= 0.6 is 0 Å². The highest BCUT2D eigenvalue weighted by Gasteiger charge is 2.18. The molecule has 0 spiro atoms. The van der Waals surface area contributed by atoms with E-state index >= 15 is 0 Å². The van der Waals surface area contributed by atoms with Crippen LogP contribution in [0, 0.1) is 0 Å². The molecule has 0 unspecified atom stereocenters.